The van der Waals surface area contributed by atoms with Gasteiger partial charge in [-0.3, -0.25) is 0 Å². The molecule has 2 rings (SSSR count). The van der Waals surface area contributed by atoms with E-state index in [1.54, 1.807) is 20.8 Å². The molecule has 1 aliphatic heterocycles. The number of ether oxygens (including phenoxy) is 1. The second kappa shape index (κ2) is 7.21. The van der Waals surface area contributed by atoms with Crippen molar-refractivity contribution in [1.82, 2.24) is 4.90 Å². The number of hydrogen-bond acceptors (Lipinski definition) is 4. The summed E-state index contributed by atoms with van der Waals surface area (Å²) in [5.74, 6) is -1.18. The molecule has 0 aliphatic carbocycles. The third-order valence-corrected chi connectivity index (χ3v) is 3.40. The van der Waals surface area contributed by atoms with Crippen LogP contribution in [0.1, 0.15) is 44.4 Å². The van der Waals surface area contributed by atoms with Crippen molar-refractivity contribution >= 4 is 12.1 Å². The van der Waals surface area contributed by atoms with E-state index in [9.17, 15) is 14.7 Å². The van der Waals surface area contributed by atoms with Gasteiger partial charge < -0.3 is 19.5 Å². The van der Waals surface area contributed by atoms with Crippen LogP contribution >= 0.6 is 0 Å². The summed E-state index contributed by atoms with van der Waals surface area (Å²) >= 11 is 0. The Bertz CT molecular complexity index is 553. The molecule has 1 atom stereocenters. The normalized spacial score (nSPS) is 17.2. The van der Waals surface area contributed by atoms with Gasteiger partial charge in [-0.2, -0.15) is 0 Å². The van der Waals surface area contributed by atoms with Crippen LogP contribution in [-0.4, -0.2) is 29.1 Å². The largest absolute Gasteiger partial charge is 1.00 e. The third-order valence-electron chi connectivity index (χ3n) is 3.40. The Morgan fingerprint density at radius 2 is 1.95 bits per heavy atom. The molecule has 5 nitrogen and oxygen atoms in total. The number of amides is 1. The van der Waals surface area contributed by atoms with Crippen molar-refractivity contribution in [2.75, 3.05) is 6.54 Å². The topological polar surface area (TPSA) is 69.7 Å². The second-order valence-electron chi connectivity index (χ2n) is 6.21. The molecule has 114 valence electrons. The zero-order chi connectivity index (χ0) is 15.6. The van der Waals surface area contributed by atoms with Gasteiger partial charge in [-0.25, -0.2) is 4.79 Å². The summed E-state index contributed by atoms with van der Waals surface area (Å²) in [6.45, 7) is 5.81. The minimum Gasteiger partial charge on any atom is -0.550 e. The molecule has 1 aromatic rings. The Labute approximate surface area is 142 Å². The van der Waals surface area contributed by atoms with Crippen LogP contribution in [0.3, 0.4) is 0 Å². The van der Waals surface area contributed by atoms with Crippen molar-refractivity contribution in [3.8, 4) is 0 Å². The zero-order valence-electron chi connectivity index (χ0n) is 13.6. The Morgan fingerprint density at radius 1 is 1.32 bits per heavy atom. The van der Waals surface area contributed by atoms with Crippen LogP contribution in [0.4, 0.5) is 4.79 Å². The monoisotopic (exact) mass is 297 g/mol. The molecule has 1 heterocycles. The smallest absolute Gasteiger partial charge is 0.550 e. The minimum atomic E-state index is -1.18. The summed E-state index contributed by atoms with van der Waals surface area (Å²) < 4.78 is 5.38. The molecule has 6 heteroatoms. The first-order chi connectivity index (χ1) is 9.78. The molecule has 22 heavy (non-hydrogen) atoms. The molecule has 0 radical (unpaired) electrons. The van der Waals surface area contributed by atoms with Gasteiger partial charge in [0.15, 0.2) is 0 Å². The van der Waals surface area contributed by atoms with Crippen LogP contribution < -0.4 is 24.0 Å². The molecular formula is C16H20LiNO4. The Balaban J connectivity index is 0.00000242. The third kappa shape index (κ3) is 4.52. The van der Waals surface area contributed by atoms with Crippen LogP contribution in [0.25, 0.3) is 0 Å². The van der Waals surface area contributed by atoms with Crippen molar-refractivity contribution < 1.29 is 38.3 Å². The second-order valence-corrected chi connectivity index (χ2v) is 6.21. The first-order valence-electron chi connectivity index (χ1n) is 7.05. The maximum atomic E-state index is 12.3. The van der Waals surface area contributed by atoms with E-state index in [1.807, 2.05) is 24.3 Å². The maximum Gasteiger partial charge on any atom is 1.00 e. The van der Waals surface area contributed by atoms with E-state index >= 15 is 0 Å². The summed E-state index contributed by atoms with van der Waals surface area (Å²) in [6, 6.07) is 7.05. The van der Waals surface area contributed by atoms with Gasteiger partial charge in [-0.1, -0.05) is 24.3 Å². The molecule has 1 aliphatic rings. The van der Waals surface area contributed by atoms with E-state index < -0.39 is 23.7 Å². The zero-order valence-corrected chi connectivity index (χ0v) is 13.6. The van der Waals surface area contributed by atoms with Gasteiger partial charge in [0.25, 0.3) is 0 Å². The van der Waals surface area contributed by atoms with Crippen LogP contribution in [0, 0.1) is 0 Å². The van der Waals surface area contributed by atoms with Crippen LogP contribution in [0.15, 0.2) is 24.3 Å². The van der Waals surface area contributed by atoms with E-state index in [1.165, 1.54) is 4.90 Å². The summed E-state index contributed by atoms with van der Waals surface area (Å²) in [7, 11) is 0. The average Bonchev–Trinajstić information content (AvgIpc) is 2.36. The number of hydrogen-bond donors (Lipinski definition) is 0. The van der Waals surface area contributed by atoms with Crippen LogP contribution in [0.5, 0.6) is 0 Å². The van der Waals surface area contributed by atoms with Crippen molar-refractivity contribution in [1.29, 1.82) is 0 Å². The van der Waals surface area contributed by atoms with E-state index in [0.717, 1.165) is 11.1 Å². The maximum absolute atomic E-state index is 12.3. The molecule has 1 unspecified atom stereocenters. The van der Waals surface area contributed by atoms with Gasteiger partial charge in [0, 0.05) is 18.9 Å². The molecule has 1 aromatic carbocycles. The van der Waals surface area contributed by atoms with Gasteiger partial charge >= 0.3 is 25.0 Å². The first kappa shape index (κ1) is 18.6. The van der Waals surface area contributed by atoms with Crippen molar-refractivity contribution in [2.45, 2.75) is 45.3 Å². The van der Waals surface area contributed by atoms with Crippen molar-refractivity contribution in [3.05, 3.63) is 35.4 Å². The number of carboxylic acid groups (broad SMARTS) is 1. The summed E-state index contributed by atoms with van der Waals surface area (Å²) in [5.41, 5.74) is 1.32. The number of fused-ring (bicyclic) bond motifs is 1. The van der Waals surface area contributed by atoms with Gasteiger partial charge in [0.2, 0.25) is 0 Å². The first-order valence-corrected chi connectivity index (χ1v) is 7.05. The van der Waals surface area contributed by atoms with Crippen molar-refractivity contribution in [3.63, 3.8) is 0 Å². The van der Waals surface area contributed by atoms with Gasteiger partial charge in [-0.05, 0) is 38.3 Å². The summed E-state index contributed by atoms with van der Waals surface area (Å²) in [5, 5.41) is 11.0. The van der Waals surface area contributed by atoms with Crippen molar-refractivity contribution in [2.24, 2.45) is 0 Å². The van der Waals surface area contributed by atoms with Crippen LogP contribution in [-0.2, 0) is 16.0 Å². The summed E-state index contributed by atoms with van der Waals surface area (Å²) in [4.78, 5) is 24.8. The fourth-order valence-electron chi connectivity index (χ4n) is 2.57. The molecule has 0 N–H and O–H groups in total. The standard InChI is InChI=1S/C16H21NO4.Li/c1-16(2,3)21-15(20)17-9-8-11-6-4-5-7-12(11)13(17)10-14(18)19;/h4-7,13H,8-10H2,1-3H3,(H,18,19);/q;+1/p-1. The summed E-state index contributed by atoms with van der Waals surface area (Å²) in [6.07, 6.45) is -0.0156. The van der Waals surface area contributed by atoms with E-state index in [0.29, 0.717) is 13.0 Å². The minimum absolute atomic E-state index is 0. The molecule has 0 aromatic heterocycles. The average molecular weight is 297 g/mol. The molecule has 0 bridgehead atoms. The fourth-order valence-corrected chi connectivity index (χ4v) is 2.57. The number of benzene rings is 1. The van der Waals surface area contributed by atoms with E-state index in [2.05, 4.69) is 0 Å². The Morgan fingerprint density at radius 3 is 2.55 bits per heavy atom. The fraction of sp³-hybridized carbons (Fsp3) is 0.500. The number of carboxylic acids is 1. The van der Waals surface area contributed by atoms with Gasteiger partial charge in [-0.15, -0.1) is 0 Å². The van der Waals surface area contributed by atoms with E-state index in [4.69, 9.17) is 4.74 Å². The Kier molecular flexibility index (Phi) is 6.10. The van der Waals surface area contributed by atoms with Crippen LogP contribution in [0.2, 0.25) is 0 Å². The molecule has 1 amide bonds. The predicted octanol–water partition coefficient (Wildman–Crippen LogP) is -1.34. The van der Waals surface area contributed by atoms with Gasteiger partial charge in [0.05, 0.1) is 6.04 Å². The number of carbonyl (C=O) groups is 2. The SMILES string of the molecule is CC(C)(C)OC(=O)N1CCc2ccccc2C1CC(=O)[O-].[Li+]. The van der Waals surface area contributed by atoms with E-state index in [-0.39, 0.29) is 25.3 Å². The molecule has 0 spiro atoms. The molecule has 0 fully saturated rings. The Hall–Kier alpha value is -1.44. The number of carbonyl (C=O) groups excluding carboxylic acids is 2. The quantitative estimate of drug-likeness (QED) is 0.634. The number of aliphatic carboxylic acids is 1. The number of rotatable bonds is 2. The molecule has 0 saturated carbocycles. The molecular weight excluding hydrogens is 277 g/mol. The van der Waals surface area contributed by atoms with Gasteiger partial charge in [0.1, 0.15) is 5.60 Å². The number of nitrogens with zero attached hydrogens (tertiary/aromatic N) is 1. The molecule has 0 saturated heterocycles. The predicted molar refractivity (Wildman–Crippen MR) is 75.5 cm³/mol.